The number of hydrogen-bond donors (Lipinski definition) is 0. The number of aryl methyl sites for hydroxylation is 3. The first-order valence-electron chi connectivity index (χ1n) is 7.33. The molecule has 0 saturated heterocycles. The van der Waals surface area contributed by atoms with E-state index in [1.807, 2.05) is 26.0 Å². The Morgan fingerprint density at radius 3 is 2.91 bits per heavy atom. The van der Waals surface area contributed by atoms with Crippen molar-refractivity contribution in [3.05, 3.63) is 62.9 Å². The Hall–Kier alpha value is -2.20. The van der Waals surface area contributed by atoms with E-state index >= 15 is 0 Å². The summed E-state index contributed by atoms with van der Waals surface area (Å²) in [5.41, 5.74) is 5.96. The predicted octanol–water partition coefficient (Wildman–Crippen LogP) is 4.14. The summed E-state index contributed by atoms with van der Waals surface area (Å²) in [5.74, 6) is 0.153. The molecule has 0 radical (unpaired) electrons. The number of ketones is 1. The van der Waals surface area contributed by atoms with Crippen LogP contribution in [0.5, 0.6) is 0 Å². The standard InChI is InChI=1S/C18H16N2OS/c1-10-4-5-13-7-14(17(21)15(13)6-10)8-16-12(3)19-18-20(16)9-11(2)22-18/h4-6,8-9H,7H2,1-3H3/b14-8-. The quantitative estimate of drug-likeness (QED) is 0.633. The van der Waals surface area contributed by atoms with Gasteiger partial charge in [-0.15, -0.1) is 11.3 Å². The number of carbonyl (C=O) groups is 1. The van der Waals surface area contributed by atoms with E-state index in [9.17, 15) is 4.79 Å². The first kappa shape index (κ1) is 13.5. The van der Waals surface area contributed by atoms with Crippen LogP contribution in [0.15, 0.2) is 30.0 Å². The fourth-order valence-electron chi connectivity index (χ4n) is 3.05. The van der Waals surface area contributed by atoms with Crippen LogP contribution in [0, 0.1) is 20.8 Å². The minimum absolute atomic E-state index is 0.153. The van der Waals surface area contributed by atoms with Crippen LogP contribution in [0.3, 0.4) is 0 Å². The first-order valence-corrected chi connectivity index (χ1v) is 8.14. The minimum atomic E-state index is 0.153. The SMILES string of the molecule is Cc1ccc2c(c1)C(=O)/C(=C\c1c(C)nc3sc(C)cn13)C2. The molecule has 0 saturated carbocycles. The molecule has 2 aromatic heterocycles. The van der Waals surface area contributed by atoms with Gasteiger partial charge in [-0.3, -0.25) is 9.20 Å². The van der Waals surface area contributed by atoms with Crippen molar-refractivity contribution >= 4 is 28.2 Å². The molecule has 1 aromatic carbocycles. The first-order chi connectivity index (χ1) is 10.5. The fraction of sp³-hybridized carbons (Fsp3) is 0.222. The zero-order valence-corrected chi connectivity index (χ0v) is 13.6. The summed E-state index contributed by atoms with van der Waals surface area (Å²) in [6.45, 7) is 6.09. The van der Waals surface area contributed by atoms with E-state index in [2.05, 4.69) is 34.6 Å². The van der Waals surface area contributed by atoms with Gasteiger partial charge >= 0.3 is 0 Å². The van der Waals surface area contributed by atoms with Gasteiger partial charge in [0.25, 0.3) is 0 Å². The Labute approximate surface area is 132 Å². The van der Waals surface area contributed by atoms with Crippen molar-refractivity contribution in [3.8, 4) is 0 Å². The molecule has 0 aliphatic heterocycles. The summed E-state index contributed by atoms with van der Waals surface area (Å²) >= 11 is 1.67. The average Bonchev–Trinajstić information content (AvgIpc) is 3.06. The maximum atomic E-state index is 12.6. The number of Topliss-reactive ketones (excluding diaryl/α,β-unsaturated/α-hetero) is 1. The van der Waals surface area contributed by atoms with Crippen LogP contribution in [0.2, 0.25) is 0 Å². The molecule has 0 unspecified atom stereocenters. The van der Waals surface area contributed by atoms with Crippen LogP contribution in [0.25, 0.3) is 11.0 Å². The van der Waals surface area contributed by atoms with E-state index in [1.165, 1.54) is 4.88 Å². The Kier molecular flexibility index (Phi) is 2.84. The monoisotopic (exact) mass is 308 g/mol. The number of aromatic nitrogens is 2. The van der Waals surface area contributed by atoms with Crippen LogP contribution in [-0.4, -0.2) is 15.2 Å². The molecule has 0 bridgehead atoms. The number of nitrogens with zero attached hydrogens (tertiary/aromatic N) is 2. The molecule has 4 rings (SSSR count). The number of thiazole rings is 1. The summed E-state index contributed by atoms with van der Waals surface area (Å²) < 4.78 is 2.09. The maximum Gasteiger partial charge on any atom is 0.194 e. The van der Waals surface area contributed by atoms with Crippen molar-refractivity contribution in [1.82, 2.24) is 9.38 Å². The minimum Gasteiger partial charge on any atom is -0.290 e. The zero-order valence-electron chi connectivity index (χ0n) is 12.8. The number of benzene rings is 1. The molecule has 3 nitrogen and oxygen atoms in total. The highest BCUT2D eigenvalue weighted by Crippen LogP contribution is 2.30. The van der Waals surface area contributed by atoms with E-state index in [-0.39, 0.29) is 5.78 Å². The van der Waals surface area contributed by atoms with Crippen molar-refractivity contribution in [1.29, 1.82) is 0 Å². The van der Waals surface area contributed by atoms with Crippen LogP contribution >= 0.6 is 11.3 Å². The third-order valence-corrected chi connectivity index (χ3v) is 5.05. The van der Waals surface area contributed by atoms with E-state index in [1.54, 1.807) is 11.3 Å². The van der Waals surface area contributed by atoms with Gasteiger partial charge in [-0.05, 0) is 38.5 Å². The summed E-state index contributed by atoms with van der Waals surface area (Å²) in [7, 11) is 0. The van der Waals surface area contributed by atoms with Gasteiger partial charge in [-0.1, -0.05) is 17.7 Å². The van der Waals surface area contributed by atoms with Gasteiger partial charge in [-0.2, -0.15) is 0 Å². The molecule has 110 valence electrons. The molecule has 0 atom stereocenters. The van der Waals surface area contributed by atoms with Crippen molar-refractivity contribution < 1.29 is 4.79 Å². The number of imidazole rings is 1. The highest BCUT2D eigenvalue weighted by Gasteiger charge is 2.25. The average molecular weight is 308 g/mol. The van der Waals surface area contributed by atoms with Gasteiger partial charge in [-0.25, -0.2) is 4.98 Å². The molecule has 0 spiro atoms. The lowest BCUT2D eigenvalue weighted by molar-refractivity contribution is 0.104. The summed E-state index contributed by atoms with van der Waals surface area (Å²) in [4.78, 5) is 19.4. The Bertz CT molecular complexity index is 959. The number of fused-ring (bicyclic) bond motifs is 2. The lowest BCUT2D eigenvalue weighted by Gasteiger charge is -1.97. The van der Waals surface area contributed by atoms with Crippen molar-refractivity contribution in [2.24, 2.45) is 0 Å². The molecule has 4 heteroatoms. The smallest absolute Gasteiger partial charge is 0.194 e. The molecule has 0 amide bonds. The Morgan fingerprint density at radius 1 is 1.27 bits per heavy atom. The number of rotatable bonds is 1. The van der Waals surface area contributed by atoms with Crippen molar-refractivity contribution in [2.75, 3.05) is 0 Å². The van der Waals surface area contributed by atoms with Gasteiger partial charge in [0, 0.05) is 28.6 Å². The normalized spacial score (nSPS) is 16.0. The molecule has 3 aromatic rings. The third kappa shape index (κ3) is 1.95. The Morgan fingerprint density at radius 2 is 2.09 bits per heavy atom. The number of carbonyl (C=O) groups excluding carboxylic acids is 1. The fourth-order valence-corrected chi connectivity index (χ4v) is 3.93. The molecule has 1 aliphatic rings. The zero-order chi connectivity index (χ0) is 15.4. The second-order valence-corrected chi connectivity index (χ2v) is 7.13. The van der Waals surface area contributed by atoms with Gasteiger partial charge in [0.05, 0.1) is 11.4 Å². The largest absolute Gasteiger partial charge is 0.290 e. The molecule has 0 N–H and O–H groups in total. The summed E-state index contributed by atoms with van der Waals surface area (Å²) in [6, 6.07) is 6.13. The number of allylic oxidation sites excluding steroid dienone is 1. The third-order valence-electron chi connectivity index (χ3n) is 4.16. The van der Waals surface area contributed by atoms with Crippen molar-refractivity contribution in [2.45, 2.75) is 27.2 Å². The molecular formula is C18H16N2OS. The molecule has 2 heterocycles. The maximum absolute atomic E-state index is 12.6. The van der Waals surface area contributed by atoms with E-state index < -0.39 is 0 Å². The molecule has 1 aliphatic carbocycles. The molecular weight excluding hydrogens is 292 g/mol. The van der Waals surface area contributed by atoms with Crippen LogP contribution < -0.4 is 0 Å². The van der Waals surface area contributed by atoms with Crippen molar-refractivity contribution in [3.63, 3.8) is 0 Å². The lowest BCUT2D eigenvalue weighted by atomic mass is 10.1. The highest BCUT2D eigenvalue weighted by molar-refractivity contribution is 7.17. The van der Waals surface area contributed by atoms with E-state index in [0.717, 1.165) is 38.6 Å². The van der Waals surface area contributed by atoms with Gasteiger partial charge < -0.3 is 0 Å². The van der Waals surface area contributed by atoms with Gasteiger partial charge in [0.2, 0.25) is 0 Å². The van der Waals surface area contributed by atoms with Gasteiger partial charge in [0.15, 0.2) is 10.7 Å². The molecule has 0 fully saturated rings. The van der Waals surface area contributed by atoms with E-state index in [0.29, 0.717) is 6.42 Å². The summed E-state index contributed by atoms with van der Waals surface area (Å²) in [6.07, 6.45) is 4.81. The topological polar surface area (TPSA) is 34.4 Å². The van der Waals surface area contributed by atoms with Gasteiger partial charge in [0.1, 0.15) is 0 Å². The summed E-state index contributed by atoms with van der Waals surface area (Å²) in [5, 5.41) is 0. The van der Waals surface area contributed by atoms with Crippen LogP contribution in [-0.2, 0) is 6.42 Å². The Balaban J connectivity index is 1.83. The lowest BCUT2D eigenvalue weighted by Crippen LogP contribution is -1.97. The number of hydrogen-bond acceptors (Lipinski definition) is 3. The second kappa shape index (κ2) is 4.65. The predicted molar refractivity (Wildman–Crippen MR) is 89.7 cm³/mol. The van der Waals surface area contributed by atoms with Crippen LogP contribution in [0.1, 0.15) is 37.7 Å². The molecule has 22 heavy (non-hydrogen) atoms. The van der Waals surface area contributed by atoms with E-state index in [4.69, 9.17) is 0 Å². The second-order valence-electron chi connectivity index (χ2n) is 5.91. The highest BCUT2D eigenvalue weighted by atomic mass is 32.1. The van der Waals surface area contributed by atoms with Crippen LogP contribution in [0.4, 0.5) is 0 Å².